The van der Waals surface area contributed by atoms with Gasteiger partial charge in [-0.15, -0.1) is 0 Å². The molecule has 1 saturated heterocycles. The number of benzene rings is 1. The van der Waals surface area contributed by atoms with Gasteiger partial charge in [0.2, 0.25) is 0 Å². The van der Waals surface area contributed by atoms with Crippen molar-refractivity contribution < 1.29 is 24.1 Å². The van der Waals surface area contributed by atoms with Crippen LogP contribution in [-0.4, -0.2) is 49.5 Å². The second-order valence-corrected chi connectivity index (χ2v) is 5.68. The summed E-state index contributed by atoms with van der Waals surface area (Å²) in [6, 6.07) is 9.96. The van der Waals surface area contributed by atoms with E-state index in [1.165, 1.54) is 0 Å². The molecule has 124 valence electrons. The number of methoxy groups -OCH3 is 1. The first kappa shape index (κ1) is 17.4. The first-order valence-electron chi connectivity index (χ1n) is 7.74. The van der Waals surface area contributed by atoms with Crippen LogP contribution in [0.1, 0.15) is 25.8 Å². The van der Waals surface area contributed by atoms with Crippen LogP contribution in [0.2, 0.25) is 0 Å². The molecule has 5 heteroatoms. The normalized spacial score (nSPS) is 27.7. The van der Waals surface area contributed by atoms with Gasteiger partial charge in [0, 0.05) is 13.5 Å². The second-order valence-electron chi connectivity index (χ2n) is 5.68. The monoisotopic (exact) mass is 310 g/mol. The van der Waals surface area contributed by atoms with Gasteiger partial charge >= 0.3 is 0 Å². The van der Waals surface area contributed by atoms with E-state index in [0.29, 0.717) is 6.61 Å². The highest BCUT2D eigenvalue weighted by Crippen LogP contribution is 2.26. The predicted octanol–water partition coefficient (Wildman–Crippen LogP) is 2.12. The van der Waals surface area contributed by atoms with Crippen molar-refractivity contribution in [3.8, 4) is 0 Å². The summed E-state index contributed by atoms with van der Waals surface area (Å²) in [6.07, 6.45) is -0.376. The molecule has 22 heavy (non-hydrogen) atoms. The Kier molecular flexibility index (Phi) is 6.79. The van der Waals surface area contributed by atoms with Crippen LogP contribution < -0.4 is 0 Å². The second kappa shape index (κ2) is 8.60. The smallest absolute Gasteiger partial charge is 0.184 e. The minimum atomic E-state index is -0.423. The topological polar surface area (TPSA) is 57.2 Å². The molecule has 0 aliphatic carbocycles. The van der Waals surface area contributed by atoms with Gasteiger partial charge in [0.1, 0.15) is 12.2 Å². The Morgan fingerprint density at radius 3 is 2.68 bits per heavy atom. The molecule has 1 aromatic carbocycles. The quantitative estimate of drug-likeness (QED) is 0.797. The van der Waals surface area contributed by atoms with Crippen molar-refractivity contribution in [1.29, 1.82) is 0 Å². The summed E-state index contributed by atoms with van der Waals surface area (Å²) in [5.41, 5.74) is 1.09. The minimum Gasteiger partial charge on any atom is -0.394 e. The summed E-state index contributed by atoms with van der Waals surface area (Å²) in [5, 5.41) is 9.46. The van der Waals surface area contributed by atoms with E-state index in [1.807, 2.05) is 44.2 Å². The van der Waals surface area contributed by atoms with Crippen LogP contribution in [0.4, 0.5) is 0 Å². The van der Waals surface area contributed by atoms with E-state index in [1.54, 1.807) is 7.11 Å². The lowest BCUT2D eigenvalue weighted by Gasteiger charge is -2.27. The average molecular weight is 310 g/mol. The van der Waals surface area contributed by atoms with Crippen molar-refractivity contribution in [3.63, 3.8) is 0 Å². The third kappa shape index (κ3) is 4.76. The maximum atomic E-state index is 9.46. The zero-order chi connectivity index (χ0) is 15.9. The lowest BCUT2D eigenvalue weighted by atomic mass is 10.2. The van der Waals surface area contributed by atoms with E-state index < -0.39 is 6.29 Å². The standard InChI is InChI=1S/C17H26O5/c1-12-9-15(22-16(10-18)13(2)19-3)17(21-12)20-11-14-7-5-4-6-8-14/h4-8,12-13,15-18H,9-11H2,1-3H3. The van der Waals surface area contributed by atoms with E-state index in [-0.39, 0.29) is 31.0 Å². The van der Waals surface area contributed by atoms with Gasteiger partial charge in [0.15, 0.2) is 6.29 Å². The average Bonchev–Trinajstić information content (AvgIpc) is 2.90. The van der Waals surface area contributed by atoms with Crippen LogP contribution in [0, 0.1) is 0 Å². The maximum Gasteiger partial charge on any atom is 0.184 e. The molecule has 2 rings (SSSR count). The van der Waals surface area contributed by atoms with Crippen LogP contribution in [0.25, 0.3) is 0 Å². The molecule has 1 aromatic rings. The maximum absolute atomic E-state index is 9.46. The van der Waals surface area contributed by atoms with E-state index in [9.17, 15) is 5.11 Å². The summed E-state index contributed by atoms with van der Waals surface area (Å²) in [4.78, 5) is 0. The highest BCUT2D eigenvalue weighted by atomic mass is 16.7. The third-order valence-electron chi connectivity index (χ3n) is 3.92. The van der Waals surface area contributed by atoms with Gasteiger partial charge in [0.05, 0.1) is 25.4 Å². The lowest BCUT2D eigenvalue weighted by molar-refractivity contribution is -0.203. The van der Waals surface area contributed by atoms with Gasteiger partial charge < -0.3 is 24.1 Å². The zero-order valence-corrected chi connectivity index (χ0v) is 13.5. The van der Waals surface area contributed by atoms with Crippen LogP contribution in [0.5, 0.6) is 0 Å². The van der Waals surface area contributed by atoms with Crippen LogP contribution in [0.3, 0.4) is 0 Å². The molecule has 5 atom stereocenters. The van der Waals surface area contributed by atoms with Gasteiger partial charge in [-0.3, -0.25) is 0 Å². The molecule has 0 amide bonds. The fourth-order valence-corrected chi connectivity index (χ4v) is 2.51. The highest BCUT2D eigenvalue weighted by Gasteiger charge is 2.37. The molecular weight excluding hydrogens is 284 g/mol. The van der Waals surface area contributed by atoms with Gasteiger partial charge in [-0.1, -0.05) is 30.3 Å². The SMILES string of the molecule is COC(C)C(CO)OC1CC(C)OC1OCc1ccccc1. The van der Waals surface area contributed by atoms with E-state index in [4.69, 9.17) is 18.9 Å². The van der Waals surface area contributed by atoms with Crippen molar-refractivity contribution in [3.05, 3.63) is 35.9 Å². The number of hydrogen-bond donors (Lipinski definition) is 1. The van der Waals surface area contributed by atoms with Gasteiger partial charge in [-0.25, -0.2) is 0 Å². The van der Waals surface area contributed by atoms with Gasteiger partial charge in [0.25, 0.3) is 0 Å². The van der Waals surface area contributed by atoms with Crippen molar-refractivity contribution >= 4 is 0 Å². The molecule has 0 spiro atoms. The van der Waals surface area contributed by atoms with Crippen molar-refractivity contribution in [2.45, 2.75) is 57.6 Å². The molecule has 0 radical (unpaired) electrons. The Bertz CT molecular complexity index is 424. The molecular formula is C17H26O5. The molecule has 0 saturated carbocycles. The molecule has 1 aliphatic heterocycles. The molecule has 0 bridgehead atoms. The molecule has 1 aliphatic rings. The number of rotatable bonds is 8. The number of hydrogen-bond acceptors (Lipinski definition) is 5. The summed E-state index contributed by atoms with van der Waals surface area (Å²) in [6.45, 7) is 4.25. The summed E-state index contributed by atoms with van der Waals surface area (Å²) in [5.74, 6) is 0. The van der Waals surface area contributed by atoms with E-state index >= 15 is 0 Å². The summed E-state index contributed by atoms with van der Waals surface area (Å²) in [7, 11) is 1.61. The van der Waals surface area contributed by atoms with Gasteiger partial charge in [-0.05, 0) is 19.4 Å². The molecule has 5 unspecified atom stereocenters. The Balaban J connectivity index is 1.91. The van der Waals surface area contributed by atoms with Crippen LogP contribution in [-0.2, 0) is 25.6 Å². The fraction of sp³-hybridized carbons (Fsp3) is 0.647. The Labute approximate surface area is 132 Å². The van der Waals surface area contributed by atoms with Crippen LogP contribution >= 0.6 is 0 Å². The third-order valence-corrected chi connectivity index (χ3v) is 3.92. The minimum absolute atomic E-state index is 0.0722. The van der Waals surface area contributed by atoms with Crippen molar-refractivity contribution in [2.75, 3.05) is 13.7 Å². The largest absolute Gasteiger partial charge is 0.394 e. The zero-order valence-electron chi connectivity index (χ0n) is 13.5. The van der Waals surface area contributed by atoms with Crippen molar-refractivity contribution in [2.24, 2.45) is 0 Å². The van der Waals surface area contributed by atoms with E-state index in [0.717, 1.165) is 12.0 Å². The molecule has 0 aromatic heterocycles. The molecule has 1 heterocycles. The summed E-state index contributed by atoms with van der Waals surface area (Å²) < 4.78 is 22.8. The Hall–Kier alpha value is -0.980. The van der Waals surface area contributed by atoms with Crippen LogP contribution in [0.15, 0.2) is 30.3 Å². The number of aliphatic hydroxyl groups excluding tert-OH is 1. The molecule has 1 fully saturated rings. The van der Waals surface area contributed by atoms with E-state index in [2.05, 4.69) is 0 Å². The predicted molar refractivity (Wildman–Crippen MR) is 82.4 cm³/mol. The van der Waals surface area contributed by atoms with Crippen molar-refractivity contribution in [1.82, 2.24) is 0 Å². The Morgan fingerprint density at radius 1 is 1.32 bits per heavy atom. The summed E-state index contributed by atoms with van der Waals surface area (Å²) >= 11 is 0. The first-order valence-corrected chi connectivity index (χ1v) is 7.74. The van der Waals surface area contributed by atoms with Gasteiger partial charge in [-0.2, -0.15) is 0 Å². The first-order chi connectivity index (χ1) is 10.6. The molecule has 5 nitrogen and oxygen atoms in total. The Morgan fingerprint density at radius 2 is 2.05 bits per heavy atom. The fourth-order valence-electron chi connectivity index (χ4n) is 2.51. The number of ether oxygens (including phenoxy) is 4. The lowest BCUT2D eigenvalue weighted by Crippen LogP contribution is -2.39. The molecule has 1 N–H and O–H groups in total. The number of aliphatic hydroxyl groups is 1. The highest BCUT2D eigenvalue weighted by molar-refractivity contribution is 5.13.